The number of carbonyl (C=O) groups is 1. The molecule has 0 radical (unpaired) electrons. The van der Waals surface area contributed by atoms with Gasteiger partial charge < -0.3 is 4.74 Å². The summed E-state index contributed by atoms with van der Waals surface area (Å²) in [7, 11) is 0. The summed E-state index contributed by atoms with van der Waals surface area (Å²) in [5, 5.41) is 0. The van der Waals surface area contributed by atoms with E-state index in [2.05, 4.69) is 6.92 Å². The SMILES string of the molecule is CCCCCCCOCC(=O)C(C)C. The highest BCUT2D eigenvalue weighted by Crippen LogP contribution is 2.02. The van der Waals surface area contributed by atoms with Gasteiger partial charge in [-0.1, -0.05) is 46.5 Å². The van der Waals surface area contributed by atoms with Crippen molar-refractivity contribution >= 4 is 5.78 Å². The second-order valence-corrected chi connectivity index (χ2v) is 4.09. The Morgan fingerprint density at radius 3 is 2.36 bits per heavy atom. The lowest BCUT2D eigenvalue weighted by molar-refractivity contribution is -0.126. The number of hydrogen-bond donors (Lipinski definition) is 0. The van der Waals surface area contributed by atoms with Crippen LogP contribution in [0.1, 0.15) is 52.9 Å². The molecule has 0 N–H and O–H groups in total. The van der Waals surface area contributed by atoms with Gasteiger partial charge in [-0.05, 0) is 6.42 Å². The molecule has 0 aromatic heterocycles. The Morgan fingerprint density at radius 1 is 1.14 bits per heavy atom. The highest BCUT2D eigenvalue weighted by molar-refractivity contribution is 5.81. The highest BCUT2D eigenvalue weighted by atomic mass is 16.5. The first-order valence-corrected chi connectivity index (χ1v) is 5.79. The van der Waals surface area contributed by atoms with Gasteiger partial charge >= 0.3 is 0 Å². The second-order valence-electron chi connectivity index (χ2n) is 4.09. The van der Waals surface area contributed by atoms with Crippen LogP contribution in [0.25, 0.3) is 0 Å². The molecule has 0 aromatic carbocycles. The van der Waals surface area contributed by atoms with Crippen LogP contribution in [0.5, 0.6) is 0 Å². The van der Waals surface area contributed by atoms with Crippen molar-refractivity contribution in [1.29, 1.82) is 0 Å². The zero-order chi connectivity index (χ0) is 10.8. The summed E-state index contributed by atoms with van der Waals surface area (Å²) < 4.78 is 5.29. The molecular formula is C12H24O2. The van der Waals surface area contributed by atoms with Gasteiger partial charge in [0.05, 0.1) is 0 Å². The molecule has 0 unspecified atom stereocenters. The van der Waals surface area contributed by atoms with Gasteiger partial charge in [0.1, 0.15) is 6.61 Å². The van der Waals surface area contributed by atoms with Crippen molar-refractivity contribution < 1.29 is 9.53 Å². The quantitative estimate of drug-likeness (QED) is 0.534. The average molecular weight is 200 g/mol. The Kier molecular flexibility index (Phi) is 8.95. The molecule has 84 valence electrons. The topological polar surface area (TPSA) is 26.3 Å². The van der Waals surface area contributed by atoms with Crippen molar-refractivity contribution in [2.24, 2.45) is 5.92 Å². The van der Waals surface area contributed by atoms with E-state index in [0.29, 0.717) is 6.61 Å². The number of rotatable bonds is 9. The Hall–Kier alpha value is -0.370. The van der Waals surface area contributed by atoms with Crippen LogP contribution in [0.2, 0.25) is 0 Å². The maximum atomic E-state index is 11.2. The van der Waals surface area contributed by atoms with Gasteiger partial charge in [0.15, 0.2) is 5.78 Å². The Labute approximate surface area is 88.0 Å². The van der Waals surface area contributed by atoms with Gasteiger partial charge in [-0.3, -0.25) is 4.79 Å². The van der Waals surface area contributed by atoms with Crippen LogP contribution in [0.4, 0.5) is 0 Å². The molecule has 0 saturated carbocycles. The van der Waals surface area contributed by atoms with E-state index in [4.69, 9.17) is 4.74 Å². The molecule has 0 heterocycles. The fraction of sp³-hybridized carbons (Fsp3) is 0.917. The fourth-order valence-corrected chi connectivity index (χ4v) is 1.15. The number of unbranched alkanes of at least 4 members (excludes halogenated alkanes) is 4. The number of Topliss-reactive ketones (excluding diaryl/α,β-unsaturated/α-hetero) is 1. The van der Waals surface area contributed by atoms with Crippen molar-refractivity contribution in [2.45, 2.75) is 52.9 Å². The molecule has 14 heavy (non-hydrogen) atoms. The van der Waals surface area contributed by atoms with Crippen molar-refractivity contribution in [3.05, 3.63) is 0 Å². The molecule has 0 saturated heterocycles. The van der Waals surface area contributed by atoms with Crippen LogP contribution < -0.4 is 0 Å². The van der Waals surface area contributed by atoms with Gasteiger partial charge in [0.2, 0.25) is 0 Å². The minimum absolute atomic E-state index is 0.107. The third-order valence-electron chi connectivity index (χ3n) is 2.28. The number of hydrogen-bond acceptors (Lipinski definition) is 2. The molecule has 2 heteroatoms. The summed E-state index contributed by atoms with van der Waals surface area (Å²) in [4.78, 5) is 11.2. The highest BCUT2D eigenvalue weighted by Gasteiger charge is 2.05. The van der Waals surface area contributed by atoms with E-state index in [1.54, 1.807) is 0 Å². The largest absolute Gasteiger partial charge is 0.374 e. The lowest BCUT2D eigenvalue weighted by Crippen LogP contribution is -2.15. The zero-order valence-corrected chi connectivity index (χ0v) is 9.84. The lowest BCUT2D eigenvalue weighted by Gasteiger charge is -2.05. The predicted molar refractivity (Wildman–Crippen MR) is 59.4 cm³/mol. The van der Waals surface area contributed by atoms with Crippen LogP contribution in [-0.4, -0.2) is 19.0 Å². The van der Waals surface area contributed by atoms with E-state index in [-0.39, 0.29) is 11.7 Å². The van der Waals surface area contributed by atoms with E-state index in [1.807, 2.05) is 13.8 Å². The number of ether oxygens (including phenoxy) is 1. The summed E-state index contributed by atoms with van der Waals surface area (Å²) >= 11 is 0. The first-order chi connectivity index (χ1) is 6.68. The van der Waals surface area contributed by atoms with Crippen LogP contribution in [0.3, 0.4) is 0 Å². The van der Waals surface area contributed by atoms with Crippen LogP contribution >= 0.6 is 0 Å². The molecule has 0 spiro atoms. The van der Waals surface area contributed by atoms with Gasteiger partial charge in [-0.15, -0.1) is 0 Å². The molecule has 2 nitrogen and oxygen atoms in total. The Bertz CT molecular complexity index is 141. The van der Waals surface area contributed by atoms with Gasteiger partial charge in [0.25, 0.3) is 0 Å². The normalized spacial score (nSPS) is 10.9. The van der Waals surface area contributed by atoms with Gasteiger partial charge in [0, 0.05) is 12.5 Å². The summed E-state index contributed by atoms with van der Waals surface area (Å²) in [5.74, 6) is 0.314. The van der Waals surface area contributed by atoms with E-state index in [1.165, 1.54) is 25.7 Å². The standard InChI is InChI=1S/C12H24O2/c1-4-5-6-7-8-9-14-10-12(13)11(2)3/h11H,4-10H2,1-3H3. The van der Waals surface area contributed by atoms with E-state index in [0.717, 1.165) is 13.0 Å². The molecule has 0 aliphatic carbocycles. The van der Waals surface area contributed by atoms with Crippen LogP contribution in [0.15, 0.2) is 0 Å². The minimum atomic E-state index is 0.107. The second kappa shape index (κ2) is 9.20. The monoisotopic (exact) mass is 200 g/mol. The molecule has 0 bridgehead atoms. The maximum absolute atomic E-state index is 11.2. The number of ketones is 1. The van der Waals surface area contributed by atoms with Gasteiger partial charge in [-0.2, -0.15) is 0 Å². The predicted octanol–water partition coefficient (Wildman–Crippen LogP) is 3.20. The van der Waals surface area contributed by atoms with E-state index >= 15 is 0 Å². The molecular weight excluding hydrogens is 176 g/mol. The smallest absolute Gasteiger partial charge is 0.160 e. The van der Waals surface area contributed by atoms with E-state index < -0.39 is 0 Å². The van der Waals surface area contributed by atoms with Crippen molar-refractivity contribution in [1.82, 2.24) is 0 Å². The first kappa shape index (κ1) is 13.6. The summed E-state index contributed by atoms with van der Waals surface area (Å²) in [6, 6.07) is 0. The Morgan fingerprint density at radius 2 is 1.79 bits per heavy atom. The molecule has 0 aliphatic rings. The van der Waals surface area contributed by atoms with Crippen molar-refractivity contribution in [3.8, 4) is 0 Å². The summed E-state index contributed by atoms with van der Waals surface area (Å²) in [5.41, 5.74) is 0. The molecule has 0 fully saturated rings. The summed E-state index contributed by atoms with van der Waals surface area (Å²) in [6.45, 7) is 7.06. The lowest BCUT2D eigenvalue weighted by atomic mass is 10.1. The van der Waals surface area contributed by atoms with Crippen molar-refractivity contribution in [3.63, 3.8) is 0 Å². The maximum Gasteiger partial charge on any atom is 0.160 e. The zero-order valence-electron chi connectivity index (χ0n) is 9.84. The molecule has 0 atom stereocenters. The molecule has 0 aromatic rings. The fourth-order valence-electron chi connectivity index (χ4n) is 1.15. The minimum Gasteiger partial charge on any atom is -0.374 e. The first-order valence-electron chi connectivity index (χ1n) is 5.79. The van der Waals surface area contributed by atoms with Gasteiger partial charge in [-0.25, -0.2) is 0 Å². The van der Waals surface area contributed by atoms with Crippen molar-refractivity contribution in [2.75, 3.05) is 13.2 Å². The number of carbonyl (C=O) groups excluding carboxylic acids is 1. The molecule has 0 aliphatic heterocycles. The average Bonchev–Trinajstić information content (AvgIpc) is 2.16. The Balaban J connectivity index is 3.10. The van der Waals surface area contributed by atoms with Crippen LogP contribution in [-0.2, 0) is 9.53 Å². The molecule has 0 rings (SSSR count). The third-order valence-corrected chi connectivity index (χ3v) is 2.28. The van der Waals surface area contributed by atoms with E-state index in [9.17, 15) is 4.79 Å². The van der Waals surface area contributed by atoms with Crippen LogP contribution in [0, 0.1) is 5.92 Å². The molecule has 0 amide bonds. The third kappa shape index (κ3) is 8.24. The summed E-state index contributed by atoms with van der Waals surface area (Å²) in [6.07, 6.45) is 6.19.